The molecule has 1 fully saturated rings. The van der Waals surface area contributed by atoms with Gasteiger partial charge < -0.3 is 0 Å². The summed E-state index contributed by atoms with van der Waals surface area (Å²) in [5.74, 6) is 0.473. The normalized spacial score (nSPS) is 20.4. The summed E-state index contributed by atoms with van der Waals surface area (Å²) in [6, 6.07) is 5.44. The minimum atomic E-state index is -3.45. The van der Waals surface area contributed by atoms with Crippen LogP contribution in [0.25, 0.3) is 10.8 Å². The maximum absolute atomic E-state index is 13.1. The molecule has 0 spiro atoms. The van der Waals surface area contributed by atoms with Gasteiger partial charge in [-0.2, -0.15) is 4.31 Å². The van der Waals surface area contributed by atoms with Crippen molar-refractivity contribution in [2.24, 2.45) is 5.92 Å². The minimum Gasteiger partial charge on any atom is -0.264 e. The fourth-order valence-electron chi connectivity index (χ4n) is 3.30. The molecule has 2 aromatic rings. The second-order valence-corrected chi connectivity index (χ2v) is 8.00. The standard InChI is InChI=1S/C17H22N2O2S/c1-3-14-6-5-9-19(12-14)22(20,21)16-8-4-7-15-11-18-10-13(2)17(15)16/h4,7-8,10-11,14H,3,5-6,9,12H2,1-2H3/t14-/m0/s1. The van der Waals surface area contributed by atoms with Gasteiger partial charge >= 0.3 is 0 Å². The van der Waals surface area contributed by atoms with Crippen molar-refractivity contribution in [3.05, 3.63) is 36.2 Å². The molecule has 0 amide bonds. The molecule has 1 aliphatic heterocycles. The number of rotatable bonds is 3. The summed E-state index contributed by atoms with van der Waals surface area (Å²) in [6.07, 6.45) is 6.56. The summed E-state index contributed by atoms with van der Waals surface area (Å²) in [5.41, 5.74) is 0.903. The summed E-state index contributed by atoms with van der Waals surface area (Å²) in [5, 5.41) is 1.68. The highest BCUT2D eigenvalue weighted by Gasteiger charge is 2.30. The average molecular weight is 318 g/mol. The van der Waals surface area contributed by atoms with Crippen LogP contribution in [0.5, 0.6) is 0 Å². The Kier molecular flexibility index (Phi) is 4.19. The maximum atomic E-state index is 13.1. The number of aryl methyl sites for hydroxylation is 1. The van der Waals surface area contributed by atoms with Crippen LogP contribution in [0.1, 0.15) is 31.7 Å². The van der Waals surface area contributed by atoms with Crippen LogP contribution in [0.4, 0.5) is 0 Å². The van der Waals surface area contributed by atoms with Gasteiger partial charge in [0.1, 0.15) is 0 Å². The molecule has 0 bridgehead atoms. The fourth-order valence-corrected chi connectivity index (χ4v) is 5.15. The topological polar surface area (TPSA) is 50.3 Å². The molecule has 1 atom stereocenters. The summed E-state index contributed by atoms with van der Waals surface area (Å²) in [4.78, 5) is 4.58. The monoisotopic (exact) mass is 318 g/mol. The van der Waals surface area contributed by atoms with E-state index in [1.54, 1.807) is 28.8 Å². The lowest BCUT2D eigenvalue weighted by Gasteiger charge is -2.31. The van der Waals surface area contributed by atoms with Crippen molar-refractivity contribution in [2.75, 3.05) is 13.1 Å². The average Bonchev–Trinajstić information content (AvgIpc) is 2.54. The zero-order chi connectivity index (χ0) is 15.7. The van der Waals surface area contributed by atoms with Crippen molar-refractivity contribution in [3.8, 4) is 0 Å². The van der Waals surface area contributed by atoms with Gasteiger partial charge in [0.25, 0.3) is 0 Å². The first kappa shape index (κ1) is 15.4. The molecule has 4 nitrogen and oxygen atoms in total. The fraction of sp³-hybridized carbons (Fsp3) is 0.471. The van der Waals surface area contributed by atoms with Gasteiger partial charge in [-0.25, -0.2) is 8.42 Å². The van der Waals surface area contributed by atoms with E-state index in [-0.39, 0.29) is 0 Å². The SMILES string of the molecule is CC[C@H]1CCCN(S(=O)(=O)c2cccc3cncc(C)c23)C1. The van der Waals surface area contributed by atoms with Crippen LogP contribution in [0.15, 0.2) is 35.5 Å². The highest BCUT2D eigenvalue weighted by molar-refractivity contribution is 7.89. The van der Waals surface area contributed by atoms with E-state index >= 15 is 0 Å². The number of benzene rings is 1. The third-order valence-corrected chi connectivity index (χ3v) is 6.52. The third-order valence-electron chi connectivity index (χ3n) is 4.61. The van der Waals surface area contributed by atoms with E-state index in [0.717, 1.165) is 35.6 Å². The van der Waals surface area contributed by atoms with Gasteiger partial charge in [0.2, 0.25) is 10.0 Å². The molecule has 22 heavy (non-hydrogen) atoms. The Balaban J connectivity index is 2.10. The molecule has 0 unspecified atom stereocenters. The molecular formula is C17H22N2O2S. The summed E-state index contributed by atoms with van der Waals surface area (Å²) < 4.78 is 27.9. The Hall–Kier alpha value is -1.46. The molecule has 1 aliphatic rings. The first-order valence-corrected chi connectivity index (χ1v) is 9.31. The minimum absolute atomic E-state index is 0.418. The Bertz CT molecular complexity index is 781. The number of sulfonamides is 1. The lowest BCUT2D eigenvalue weighted by molar-refractivity contribution is 0.261. The number of pyridine rings is 1. The second-order valence-electron chi connectivity index (χ2n) is 6.09. The molecule has 1 aromatic carbocycles. The molecule has 0 radical (unpaired) electrons. The lowest BCUT2D eigenvalue weighted by atomic mass is 9.97. The zero-order valence-electron chi connectivity index (χ0n) is 13.1. The van der Waals surface area contributed by atoms with Crippen molar-refractivity contribution in [2.45, 2.75) is 38.0 Å². The Morgan fingerprint density at radius 2 is 2.14 bits per heavy atom. The Morgan fingerprint density at radius 1 is 1.32 bits per heavy atom. The van der Waals surface area contributed by atoms with Crippen LogP contribution in [0.3, 0.4) is 0 Å². The summed E-state index contributed by atoms with van der Waals surface area (Å²) >= 11 is 0. The predicted molar refractivity (Wildman–Crippen MR) is 88.3 cm³/mol. The van der Waals surface area contributed by atoms with Gasteiger partial charge in [-0.05, 0) is 37.3 Å². The molecule has 5 heteroatoms. The molecule has 0 N–H and O–H groups in total. The van der Waals surface area contributed by atoms with Gasteiger partial charge in [0.05, 0.1) is 4.90 Å². The van der Waals surface area contributed by atoms with Crippen LogP contribution in [0, 0.1) is 12.8 Å². The van der Waals surface area contributed by atoms with Crippen LogP contribution in [-0.4, -0.2) is 30.8 Å². The number of hydrogen-bond acceptors (Lipinski definition) is 3. The number of aromatic nitrogens is 1. The van der Waals surface area contributed by atoms with E-state index in [1.807, 2.05) is 13.0 Å². The smallest absolute Gasteiger partial charge is 0.243 e. The summed E-state index contributed by atoms with van der Waals surface area (Å²) in [6.45, 7) is 5.31. The van der Waals surface area contributed by atoms with E-state index in [9.17, 15) is 8.42 Å². The Morgan fingerprint density at radius 3 is 2.91 bits per heavy atom. The van der Waals surface area contributed by atoms with Crippen molar-refractivity contribution in [1.82, 2.24) is 9.29 Å². The van der Waals surface area contributed by atoms with Crippen LogP contribution in [-0.2, 0) is 10.0 Å². The van der Waals surface area contributed by atoms with E-state index < -0.39 is 10.0 Å². The van der Waals surface area contributed by atoms with E-state index in [2.05, 4.69) is 11.9 Å². The van der Waals surface area contributed by atoms with Crippen LogP contribution >= 0.6 is 0 Å². The van der Waals surface area contributed by atoms with Gasteiger partial charge in [0.15, 0.2) is 0 Å². The largest absolute Gasteiger partial charge is 0.264 e. The molecule has 2 heterocycles. The van der Waals surface area contributed by atoms with Crippen molar-refractivity contribution in [1.29, 1.82) is 0 Å². The number of piperidine rings is 1. The van der Waals surface area contributed by atoms with Crippen LogP contribution in [0.2, 0.25) is 0 Å². The number of fused-ring (bicyclic) bond motifs is 1. The van der Waals surface area contributed by atoms with E-state index in [4.69, 9.17) is 0 Å². The highest BCUT2D eigenvalue weighted by Crippen LogP contribution is 2.30. The van der Waals surface area contributed by atoms with Gasteiger partial charge in [-0.3, -0.25) is 4.98 Å². The number of hydrogen-bond donors (Lipinski definition) is 0. The van der Waals surface area contributed by atoms with Gasteiger partial charge in [-0.1, -0.05) is 25.5 Å². The lowest BCUT2D eigenvalue weighted by Crippen LogP contribution is -2.39. The molecule has 0 aliphatic carbocycles. The van der Waals surface area contributed by atoms with Crippen LogP contribution < -0.4 is 0 Å². The third kappa shape index (κ3) is 2.63. The Labute approximate surface area is 132 Å². The molecule has 0 saturated carbocycles. The molecule has 3 rings (SSSR count). The predicted octanol–water partition coefficient (Wildman–Crippen LogP) is 3.35. The van der Waals surface area contributed by atoms with Crippen molar-refractivity contribution in [3.63, 3.8) is 0 Å². The zero-order valence-corrected chi connectivity index (χ0v) is 13.9. The maximum Gasteiger partial charge on any atom is 0.243 e. The second kappa shape index (κ2) is 5.97. The first-order valence-electron chi connectivity index (χ1n) is 7.87. The van der Waals surface area contributed by atoms with E-state index in [0.29, 0.717) is 23.9 Å². The molecule has 1 aromatic heterocycles. The van der Waals surface area contributed by atoms with Gasteiger partial charge in [-0.15, -0.1) is 0 Å². The van der Waals surface area contributed by atoms with E-state index in [1.165, 1.54) is 0 Å². The molecular weight excluding hydrogens is 296 g/mol. The van der Waals surface area contributed by atoms with Crippen molar-refractivity contribution < 1.29 is 8.42 Å². The van der Waals surface area contributed by atoms with Crippen molar-refractivity contribution >= 4 is 20.8 Å². The number of nitrogens with zero attached hydrogens (tertiary/aromatic N) is 2. The highest BCUT2D eigenvalue weighted by atomic mass is 32.2. The molecule has 1 saturated heterocycles. The first-order chi connectivity index (χ1) is 10.5. The summed E-state index contributed by atoms with van der Waals surface area (Å²) in [7, 11) is -3.45. The quantitative estimate of drug-likeness (QED) is 0.872. The van der Waals surface area contributed by atoms with Gasteiger partial charge in [0, 0.05) is 36.3 Å². The molecule has 118 valence electrons.